The largest absolute Gasteiger partial charge is 0.468 e. The van der Waals surface area contributed by atoms with Crippen molar-refractivity contribution in [1.82, 2.24) is 9.44 Å². The number of hydrogen-bond acceptors (Lipinski definition) is 6. The lowest BCUT2D eigenvalue weighted by molar-refractivity contribution is -0.143. The highest BCUT2D eigenvalue weighted by Gasteiger charge is 2.30. The third-order valence-corrected chi connectivity index (χ3v) is 3.02. The molecule has 0 aliphatic rings. The van der Waals surface area contributed by atoms with Crippen LogP contribution in [0.25, 0.3) is 0 Å². The smallest absolute Gasteiger partial charge is 0.422 e. The molecule has 0 radical (unpaired) electrons. The van der Waals surface area contributed by atoms with Gasteiger partial charge in [-0.3, -0.25) is 4.79 Å². The second-order valence-corrected chi connectivity index (χ2v) is 6.92. The quantitative estimate of drug-likeness (QED) is 0.717. The topological polar surface area (TPSA) is 111 Å². The van der Waals surface area contributed by atoms with Crippen LogP contribution in [0.4, 0.5) is 4.79 Å². The normalized spacial score (nSPS) is 13.8. The van der Waals surface area contributed by atoms with Crippen molar-refractivity contribution in [3.05, 3.63) is 0 Å². The summed E-state index contributed by atoms with van der Waals surface area (Å²) in [5, 5.41) is 0. The highest BCUT2D eigenvalue weighted by Crippen LogP contribution is 2.08. The molecule has 20 heavy (non-hydrogen) atoms. The molecule has 1 amide bonds. The predicted molar refractivity (Wildman–Crippen MR) is 72.1 cm³/mol. The van der Waals surface area contributed by atoms with E-state index in [2.05, 4.69) is 4.74 Å². The molecular weight excluding hydrogens is 288 g/mol. The molecule has 0 aliphatic heterocycles. The summed E-state index contributed by atoms with van der Waals surface area (Å²) in [7, 11) is -3.08. The Morgan fingerprint density at radius 1 is 1.15 bits per heavy atom. The first kappa shape index (κ1) is 18.7. The second kappa shape index (κ2) is 6.89. The van der Waals surface area contributed by atoms with Gasteiger partial charge in [-0.1, -0.05) is 13.8 Å². The first-order chi connectivity index (χ1) is 8.88. The minimum atomic E-state index is -4.23. The summed E-state index contributed by atoms with van der Waals surface area (Å²) in [6.45, 7) is 8.06. The molecule has 0 saturated heterocycles. The molecule has 0 spiro atoms. The van der Waals surface area contributed by atoms with Crippen molar-refractivity contribution in [2.24, 2.45) is 5.92 Å². The van der Waals surface area contributed by atoms with Crippen molar-refractivity contribution < 1.29 is 27.5 Å². The van der Waals surface area contributed by atoms with Crippen molar-refractivity contribution in [3.63, 3.8) is 0 Å². The van der Waals surface area contributed by atoms with Gasteiger partial charge in [-0.25, -0.2) is 9.52 Å². The van der Waals surface area contributed by atoms with Gasteiger partial charge in [0.2, 0.25) is 0 Å². The summed E-state index contributed by atoms with van der Waals surface area (Å²) in [5.74, 6) is -1.09. The van der Waals surface area contributed by atoms with Gasteiger partial charge in [-0.05, 0) is 26.7 Å². The van der Waals surface area contributed by atoms with E-state index < -0.39 is 33.9 Å². The molecule has 0 bridgehead atoms. The predicted octanol–water partition coefficient (Wildman–Crippen LogP) is 0.543. The van der Waals surface area contributed by atoms with Crippen LogP contribution >= 0.6 is 0 Å². The Hall–Kier alpha value is -1.35. The van der Waals surface area contributed by atoms with Crippen molar-refractivity contribution in [3.8, 4) is 0 Å². The number of amides is 1. The van der Waals surface area contributed by atoms with E-state index in [9.17, 15) is 18.0 Å². The van der Waals surface area contributed by atoms with Gasteiger partial charge in [-0.15, -0.1) is 0 Å². The van der Waals surface area contributed by atoms with E-state index >= 15 is 0 Å². The molecule has 0 aliphatic carbocycles. The number of hydrogen-bond donors (Lipinski definition) is 2. The van der Waals surface area contributed by atoms with Gasteiger partial charge in [0, 0.05) is 0 Å². The van der Waals surface area contributed by atoms with Crippen LogP contribution < -0.4 is 9.44 Å². The number of methoxy groups -OCH3 is 1. The molecule has 118 valence electrons. The molecular formula is C11H22N2O6S. The number of ether oxygens (including phenoxy) is 2. The van der Waals surface area contributed by atoms with Crippen LogP contribution in [0.3, 0.4) is 0 Å². The highest BCUT2D eigenvalue weighted by molar-refractivity contribution is 7.88. The second-order valence-electron chi connectivity index (χ2n) is 5.47. The first-order valence-corrected chi connectivity index (χ1v) is 7.47. The lowest BCUT2D eigenvalue weighted by Gasteiger charge is -2.22. The molecule has 0 rings (SSSR count). The van der Waals surface area contributed by atoms with Gasteiger partial charge in [0.15, 0.2) is 0 Å². The monoisotopic (exact) mass is 310 g/mol. The van der Waals surface area contributed by atoms with Crippen LogP contribution in [0, 0.1) is 5.92 Å². The van der Waals surface area contributed by atoms with E-state index in [1.165, 1.54) is 0 Å². The van der Waals surface area contributed by atoms with Gasteiger partial charge < -0.3 is 9.47 Å². The summed E-state index contributed by atoms with van der Waals surface area (Å²) in [5.41, 5.74) is -0.834. The van der Waals surface area contributed by atoms with Crippen molar-refractivity contribution in [1.29, 1.82) is 0 Å². The van der Waals surface area contributed by atoms with E-state index in [0.717, 1.165) is 7.11 Å². The number of nitrogens with one attached hydrogen (secondary N) is 2. The molecule has 0 aromatic heterocycles. The Labute approximate surface area is 119 Å². The van der Waals surface area contributed by atoms with Gasteiger partial charge in [0.05, 0.1) is 7.11 Å². The molecule has 9 heteroatoms. The molecule has 0 aromatic rings. The molecule has 8 nitrogen and oxygen atoms in total. The summed E-state index contributed by atoms with van der Waals surface area (Å²) >= 11 is 0. The third-order valence-electron chi connectivity index (χ3n) is 2.02. The first-order valence-electron chi connectivity index (χ1n) is 5.99. The molecule has 0 unspecified atom stereocenters. The number of esters is 1. The molecule has 0 fully saturated rings. The van der Waals surface area contributed by atoms with E-state index in [-0.39, 0.29) is 5.92 Å². The van der Waals surface area contributed by atoms with Crippen molar-refractivity contribution >= 4 is 22.3 Å². The molecule has 0 aromatic carbocycles. The summed E-state index contributed by atoms with van der Waals surface area (Å²) in [4.78, 5) is 22.8. The van der Waals surface area contributed by atoms with E-state index in [0.29, 0.717) is 0 Å². The average Bonchev–Trinajstić information content (AvgIpc) is 2.20. The third kappa shape index (κ3) is 7.29. The Balaban J connectivity index is 4.81. The van der Waals surface area contributed by atoms with Crippen LogP contribution in [-0.4, -0.2) is 39.2 Å². The fourth-order valence-electron chi connectivity index (χ4n) is 1.19. The van der Waals surface area contributed by atoms with Crippen LogP contribution in [0.15, 0.2) is 0 Å². The van der Waals surface area contributed by atoms with Gasteiger partial charge in [0.25, 0.3) is 0 Å². The van der Waals surface area contributed by atoms with Crippen molar-refractivity contribution in [2.45, 2.75) is 46.3 Å². The van der Waals surface area contributed by atoms with Gasteiger partial charge >= 0.3 is 22.3 Å². The van der Waals surface area contributed by atoms with Crippen LogP contribution in [0.1, 0.15) is 34.6 Å². The zero-order valence-electron chi connectivity index (χ0n) is 12.5. The SMILES string of the molecule is COC(=O)[C@H](NS(=O)(=O)NC(=O)OC(C)(C)C)C(C)C. The minimum absolute atomic E-state index is 0.349. The van der Waals surface area contributed by atoms with Crippen LogP contribution in [-0.2, 0) is 24.5 Å². The zero-order valence-corrected chi connectivity index (χ0v) is 13.3. The lowest BCUT2D eigenvalue weighted by atomic mass is 10.1. The van der Waals surface area contributed by atoms with E-state index in [1.807, 2.05) is 4.72 Å². The number of carbonyl (C=O) groups excluding carboxylic acids is 2. The molecule has 1 atom stereocenters. The van der Waals surface area contributed by atoms with Gasteiger partial charge in [-0.2, -0.15) is 13.1 Å². The fourth-order valence-corrected chi connectivity index (χ4v) is 2.21. The highest BCUT2D eigenvalue weighted by atomic mass is 32.2. The molecule has 0 heterocycles. The fraction of sp³-hybridized carbons (Fsp3) is 0.818. The maximum atomic E-state index is 11.7. The summed E-state index contributed by atoms with van der Waals surface area (Å²) in [6, 6.07) is -1.10. The maximum Gasteiger partial charge on any atom is 0.422 e. The summed E-state index contributed by atoms with van der Waals surface area (Å²) in [6.07, 6.45) is -1.13. The number of rotatable bonds is 5. The van der Waals surface area contributed by atoms with E-state index in [4.69, 9.17) is 4.74 Å². The van der Waals surface area contributed by atoms with Gasteiger partial charge in [0.1, 0.15) is 11.6 Å². The van der Waals surface area contributed by atoms with Crippen LogP contribution in [0.2, 0.25) is 0 Å². The molecule has 2 N–H and O–H groups in total. The Morgan fingerprint density at radius 3 is 2.00 bits per heavy atom. The summed E-state index contributed by atoms with van der Waals surface area (Å²) < 4.78 is 36.5. The molecule has 0 saturated carbocycles. The number of carbonyl (C=O) groups is 2. The average molecular weight is 310 g/mol. The zero-order chi connectivity index (χ0) is 16.1. The lowest BCUT2D eigenvalue weighted by Crippen LogP contribution is -2.51. The Bertz CT molecular complexity index is 452. The Kier molecular flexibility index (Phi) is 6.42. The van der Waals surface area contributed by atoms with E-state index in [1.54, 1.807) is 39.3 Å². The Morgan fingerprint density at radius 2 is 1.65 bits per heavy atom. The minimum Gasteiger partial charge on any atom is -0.468 e. The standard InChI is InChI=1S/C11H22N2O6S/c1-7(2)8(9(14)18-6)12-20(16,17)13-10(15)19-11(3,4)5/h7-8,12H,1-6H3,(H,13,15)/t8-/m1/s1. The maximum absolute atomic E-state index is 11.7. The van der Waals surface area contributed by atoms with Crippen LogP contribution in [0.5, 0.6) is 0 Å². The van der Waals surface area contributed by atoms with Crippen molar-refractivity contribution in [2.75, 3.05) is 7.11 Å².